The minimum Gasteiger partial charge on any atom is -0.467 e. The van der Waals surface area contributed by atoms with E-state index in [1.807, 2.05) is 6.92 Å². The van der Waals surface area contributed by atoms with Gasteiger partial charge in [0.15, 0.2) is 6.10 Å². The van der Waals surface area contributed by atoms with E-state index in [-0.39, 0.29) is 12.6 Å². The standard InChI is InChI=1S/C12H21NO5/c1-8-7-17-9(10(14)16-5)6-13(8)11(15)18-12(2,3)4/h8-9H,6-7H2,1-5H3. The van der Waals surface area contributed by atoms with Crippen LogP contribution in [0, 0.1) is 0 Å². The molecule has 2 unspecified atom stereocenters. The second kappa shape index (κ2) is 5.56. The Labute approximate surface area is 107 Å². The topological polar surface area (TPSA) is 65.1 Å². The van der Waals surface area contributed by atoms with Crippen molar-refractivity contribution in [3.8, 4) is 0 Å². The van der Waals surface area contributed by atoms with Crippen molar-refractivity contribution in [2.45, 2.75) is 45.4 Å². The van der Waals surface area contributed by atoms with Gasteiger partial charge in [0.05, 0.1) is 26.3 Å². The average Bonchev–Trinajstić information content (AvgIpc) is 2.26. The lowest BCUT2D eigenvalue weighted by Gasteiger charge is -2.37. The van der Waals surface area contributed by atoms with Crippen LogP contribution in [0.4, 0.5) is 4.79 Å². The van der Waals surface area contributed by atoms with Gasteiger partial charge < -0.3 is 14.2 Å². The summed E-state index contributed by atoms with van der Waals surface area (Å²) in [5, 5.41) is 0. The molecule has 1 amide bonds. The van der Waals surface area contributed by atoms with Crippen LogP contribution in [0.3, 0.4) is 0 Å². The van der Waals surface area contributed by atoms with E-state index in [4.69, 9.17) is 9.47 Å². The highest BCUT2D eigenvalue weighted by Crippen LogP contribution is 2.17. The van der Waals surface area contributed by atoms with Crippen LogP contribution in [0.5, 0.6) is 0 Å². The minimum atomic E-state index is -0.737. The van der Waals surface area contributed by atoms with Crippen LogP contribution in [0.15, 0.2) is 0 Å². The molecule has 0 spiro atoms. The Kier molecular flexibility index (Phi) is 4.56. The van der Waals surface area contributed by atoms with Gasteiger partial charge in [0.2, 0.25) is 0 Å². The number of amides is 1. The van der Waals surface area contributed by atoms with Gasteiger partial charge >= 0.3 is 12.1 Å². The molecule has 1 rings (SSSR count). The van der Waals surface area contributed by atoms with Crippen LogP contribution in [0.1, 0.15) is 27.7 Å². The van der Waals surface area contributed by atoms with Crippen LogP contribution in [0.25, 0.3) is 0 Å². The molecule has 1 aliphatic heterocycles. The Balaban J connectivity index is 2.67. The molecule has 0 aromatic carbocycles. The maximum atomic E-state index is 12.0. The molecule has 0 saturated carbocycles. The summed E-state index contributed by atoms with van der Waals surface area (Å²) in [4.78, 5) is 24.9. The first-order valence-electron chi connectivity index (χ1n) is 5.93. The van der Waals surface area contributed by atoms with Gasteiger partial charge in [-0.05, 0) is 27.7 Å². The first-order chi connectivity index (χ1) is 8.24. The summed E-state index contributed by atoms with van der Waals surface area (Å²) in [6, 6.07) is -0.124. The molecule has 6 heteroatoms. The lowest BCUT2D eigenvalue weighted by atomic mass is 10.2. The normalized spacial score (nSPS) is 24.6. The number of carbonyl (C=O) groups excluding carboxylic acids is 2. The quantitative estimate of drug-likeness (QED) is 0.662. The number of hydrogen-bond donors (Lipinski definition) is 0. The largest absolute Gasteiger partial charge is 0.467 e. The molecule has 0 bridgehead atoms. The van der Waals surface area contributed by atoms with Crippen molar-refractivity contribution in [1.82, 2.24) is 4.90 Å². The van der Waals surface area contributed by atoms with Crippen LogP contribution < -0.4 is 0 Å². The number of hydrogen-bond acceptors (Lipinski definition) is 5. The van der Waals surface area contributed by atoms with Crippen LogP contribution >= 0.6 is 0 Å². The minimum absolute atomic E-state index is 0.124. The molecule has 2 atom stereocenters. The van der Waals surface area contributed by atoms with E-state index in [2.05, 4.69) is 4.74 Å². The van der Waals surface area contributed by atoms with Gasteiger partial charge in [-0.1, -0.05) is 0 Å². The third kappa shape index (κ3) is 3.87. The Hall–Kier alpha value is -1.30. The fourth-order valence-corrected chi connectivity index (χ4v) is 1.61. The number of rotatable bonds is 1. The summed E-state index contributed by atoms with van der Waals surface area (Å²) in [6.45, 7) is 7.69. The maximum Gasteiger partial charge on any atom is 0.410 e. The molecular weight excluding hydrogens is 238 g/mol. The summed E-state index contributed by atoms with van der Waals surface area (Å²) in [6.07, 6.45) is -1.18. The molecule has 6 nitrogen and oxygen atoms in total. The fourth-order valence-electron chi connectivity index (χ4n) is 1.61. The van der Waals surface area contributed by atoms with Crippen molar-refractivity contribution < 1.29 is 23.8 Å². The number of ether oxygens (including phenoxy) is 3. The van der Waals surface area contributed by atoms with E-state index >= 15 is 0 Å². The van der Waals surface area contributed by atoms with Gasteiger partial charge in [0.25, 0.3) is 0 Å². The van der Waals surface area contributed by atoms with Crippen molar-refractivity contribution in [2.24, 2.45) is 0 Å². The Bertz CT molecular complexity index is 323. The Morgan fingerprint density at radius 1 is 1.33 bits per heavy atom. The zero-order chi connectivity index (χ0) is 13.9. The van der Waals surface area contributed by atoms with Crippen LogP contribution in [-0.4, -0.2) is 55.0 Å². The van der Waals surface area contributed by atoms with Crippen molar-refractivity contribution in [3.05, 3.63) is 0 Å². The summed E-state index contributed by atoms with van der Waals surface area (Å²) in [5.41, 5.74) is -0.560. The molecule has 1 heterocycles. The lowest BCUT2D eigenvalue weighted by molar-refractivity contribution is -0.161. The second-order valence-electron chi connectivity index (χ2n) is 5.33. The van der Waals surface area contributed by atoms with Gasteiger partial charge in [0.1, 0.15) is 5.60 Å². The number of morpholine rings is 1. The lowest BCUT2D eigenvalue weighted by Crippen LogP contribution is -2.54. The Morgan fingerprint density at radius 3 is 2.44 bits per heavy atom. The highest BCUT2D eigenvalue weighted by atomic mass is 16.6. The van der Waals surface area contributed by atoms with Crippen molar-refractivity contribution in [2.75, 3.05) is 20.3 Å². The molecule has 0 radical (unpaired) electrons. The zero-order valence-corrected chi connectivity index (χ0v) is 11.6. The molecule has 1 fully saturated rings. The SMILES string of the molecule is COC(=O)C1CN(C(=O)OC(C)(C)C)C(C)CO1. The molecule has 1 aliphatic rings. The van der Waals surface area contributed by atoms with Crippen LogP contribution in [-0.2, 0) is 19.0 Å². The summed E-state index contributed by atoms with van der Waals surface area (Å²) in [5.74, 6) is -0.476. The van der Waals surface area contributed by atoms with Crippen molar-refractivity contribution >= 4 is 12.1 Å². The van der Waals surface area contributed by atoms with Crippen molar-refractivity contribution in [3.63, 3.8) is 0 Å². The van der Waals surface area contributed by atoms with E-state index in [0.29, 0.717) is 6.61 Å². The fraction of sp³-hybridized carbons (Fsp3) is 0.833. The van der Waals surface area contributed by atoms with E-state index in [9.17, 15) is 9.59 Å². The number of carbonyl (C=O) groups is 2. The molecule has 1 saturated heterocycles. The third-order valence-corrected chi connectivity index (χ3v) is 2.53. The number of nitrogens with zero attached hydrogens (tertiary/aromatic N) is 1. The van der Waals surface area contributed by atoms with Gasteiger partial charge in [-0.3, -0.25) is 4.90 Å². The highest BCUT2D eigenvalue weighted by molar-refractivity contribution is 5.76. The van der Waals surface area contributed by atoms with Crippen LogP contribution in [0.2, 0.25) is 0 Å². The summed E-state index contributed by atoms with van der Waals surface area (Å²) in [7, 11) is 1.29. The molecule has 0 aliphatic carbocycles. The zero-order valence-electron chi connectivity index (χ0n) is 11.6. The average molecular weight is 259 g/mol. The first-order valence-corrected chi connectivity index (χ1v) is 5.93. The van der Waals surface area contributed by atoms with E-state index in [1.165, 1.54) is 12.0 Å². The van der Waals surface area contributed by atoms with E-state index in [0.717, 1.165) is 0 Å². The number of esters is 1. The first kappa shape index (κ1) is 14.8. The van der Waals surface area contributed by atoms with Gasteiger partial charge in [-0.15, -0.1) is 0 Å². The van der Waals surface area contributed by atoms with Crippen molar-refractivity contribution in [1.29, 1.82) is 0 Å². The van der Waals surface area contributed by atoms with Gasteiger partial charge in [-0.25, -0.2) is 9.59 Å². The van der Waals surface area contributed by atoms with E-state index in [1.54, 1.807) is 20.8 Å². The summed E-state index contributed by atoms with van der Waals surface area (Å²) < 4.78 is 15.2. The molecule has 0 aromatic heterocycles. The molecule has 0 aromatic rings. The van der Waals surface area contributed by atoms with Gasteiger partial charge in [-0.2, -0.15) is 0 Å². The molecule has 104 valence electrons. The monoisotopic (exact) mass is 259 g/mol. The predicted molar refractivity (Wildman–Crippen MR) is 64.2 cm³/mol. The molecular formula is C12H21NO5. The third-order valence-electron chi connectivity index (χ3n) is 2.53. The number of methoxy groups -OCH3 is 1. The summed E-state index contributed by atoms with van der Waals surface area (Å²) >= 11 is 0. The Morgan fingerprint density at radius 2 is 1.94 bits per heavy atom. The highest BCUT2D eigenvalue weighted by Gasteiger charge is 2.36. The van der Waals surface area contributed by atoms with Gasteiger partial charge in [0, 0.05) is 0 Å². The maximum absolute atomic E-state index is 12.0. The molecule has 18 heavy (non-hydrogen) atoms. The molecule has 0 N–H and O–H groups in total. The smallest absolute Gasteiger partial charge is 0.410 e. The van der Waals surface area contributed by atoms with E-state index < -0.39 is 23.8 Å². The predicted octanol–water partition coefficient (Wildman–Crippen LogP) is 1.18. The second-order valence-corrected chi connectivity index (χ2v) is 5.33.